The zero-order valence-electron chi connectivity index (χ0n) is 8.84. The lowest BCUT2D eigenvalue weighted by molar-refractivity contribution is 0.582. The number of aromatic nitrogens is 1. The molecule has 0 saturated heterocycles. The molecule has 0 radical (unpaired) electrons. The van der Waals surface area contributed by atoms with Crippen LogP contribution in [0, 0.1) is 6.92 Å². The molecule has 2 aromatic rings. The van der Waals surface area contributed by atoms with Crippen molar-refractivity contribution in [3.8, 4) is 11.3 Å². The summed E-state index contributed by atoms with van der Waals surface area (Å²) in [5.74, 6) is 0.612. The number of oxazole rings is 1. The summed E-state index contributed by atoms with van der Waals surface area (Å²) in [5, 5.41) is 0. The highest BCUT2D eigenvalue weighted by Gasteiger charge is 2.10. The Kier molecular flexibility index (Phi) is 2.59. The Morgan fingerprint density at radius 2 is 1.94 bits per heavy atom. The van der Waals surface area contributed by atoms with Crippen LogP contribution in [0.2, 0.25) is 0 Å². The van der Waals surface area contributed by atoms with E-state index in [-0.39, 0.29) is 12.0 Å². The predicted molar refractivity (Wildman–Crippen MR) is 62.1 cm³/mol. The maximum absolute atomic E-state index is 5.45. The Labute approximate surface area is 92.8 Å². The van der Waals surface area contributed by atoms with E-state index in [9.17, 15) is 0 Å². The molecule has 1 heterocycles. The molecule has 0 aliphatic carbocycles. The molecule has 1 aromatic heterocycles. The third-order valence-electron chi connectivity index (χ3n) is 2.05. The zero-order valence-corrected chi connectivity index (χ0v) is 8.84. The lowest BCUT2D eigenvalue weighted by Gasteiger charge is -1.95. The number of hydrogen-bond donors (Lipinski definition) is 2. The summed E-state index contributed by atoms with van der Waals surface area (Å²) < 4.78 is 5.45. The second-order valence-electron chi connectivity index (χ2n) is 3.31. The first-order valence-electron chi connectivity index (χ1n) is 4.79. The molecule has 0 aliphatic rings. The molecule has 0 spiro atoms. The van der Waals surface area contributed by atoms with Crippen LogP contribution in [-0.2, 0) is 0 Å². The van der Waals surface area contributed by atoms with Gasteiger partial charge < -0.3 is 15.9 Å². The summed E-state index contributed by atoms with van der Waals surface area (Å²) in [6.45, 7) is 1.84. The van der Waals surface area contributed by atoms with E-state index < -0.39 is 0 Å². The van der Waals surface area contributed by atoms with Gasteiger partial charge in [-0.25, -0.2) is 0 Å². The van der Waals surface area contributed by atoms with Crippen molar-refractivity contribution in [2.45, 2.75) is 6.92 Å². The van der Waals surface area contributed by atoms with Gasteiger partial charge in [0.25, 0.3) is 0 Å². The number of nitrogens with zero attached hydrogens (tertiary/aromatic N) is 2. The first-order valence-corrected chi connectivity index (χ1v) is 4.79. The van der Waals surface area contributed by atoms with Crippen LogP contribution >= 0.6 is 0 Å². The molecule has 0 bridgehead atoms. The van der Waals surface area contributed by atoms with E-state index in [1.54, 1.807) is 0 Å². The first-order chi connectivity index (χ1) is 7.66. The first kappa shape index (κ1) is 10.2. The lowest BCUT2D eigenvalue weighted by atomic mass is 10.1. The van der Waals surface area contributed by atoms with E-state index in [2.05, 4.69) is 9.98 Å². The highest BCUT2D eigenvalue weighted by atomic mass is 16.4. The van der Waals surface area contributed by atoms with Crippen LogP contribution in [0.1, 0.15) is 5.69 Å². The second-order valence-corrected chi connectivity index (χ2v) is 3.31. The molecule has 0 saturated carbocycles. The minimum Gasteiger partial charge on any atom is -0.422 e. The molecule has 2 rings (SSSR count). The summed E-state index contributed by atoms with van der Waals surface area (Å²) in [5.41, 5.74) is 12.2. The summed E-state index contributed by atoms with van der Waals surface area (Å²) in [6.07, 6.45) is 0. The lowest BCUT2D eigenvalue weighted by Crippen LogP contribution is -2.21. The smallest absolute Gasteiger partial charge is 0.325 e. The minimum absolute atomic E-state index is 0.0686. The Balaban J connectivity index is 2.44. The van der Waals surface area contributed by atoms with Crippen molar-refractivity contribution in [3.05, 3.63) is 36.0 Å². The largest absolute Gasteiger partial charge is 0.422 e. The molecule has 4 N–H and O–H groups in total. The number of rotatable bonds is 2. The van der Waals surface area contributed by atoms with E-state index in [1.165, 1.54) is 0 Å². The van der Waals surface area contributed by atoms with Crippen molar-refractivity contribution >= 4 is 12.0 Å². The van der Waals surface area contributed by atoms with Crippen molar-refractivity contribution in [1.82, 2.24) is 4.98 Å². The fourth-order valence-electron chi connectivity index (χ4n) is 1.40. The van der Waals surface area contributed by atoms with Gasteiger partial charge in [0.05, 0.1) is 5.69 Å². The number of nitrogens with two attached hydrogens (primary N) is 2. The Morgan fingerprint density at radius 1 is 1.25 bits per heavy atom. The van der Waals surface area contributed by atoms with Crippen molar-refractivity contribution < 1.29 is 4.42 Å². The van der Waals surface area contributed by atoms with Gasteiger partial charge in [-0.05, 0) is 6.92 Å². The van der Waals surface area contributed by atoms with Gasteiger partial charge in [0.2, 0.25) is 0 Å². The molecule has 82 valence electrons. The average molecular weight is 216 g/mol. The molecule has 0 atom stereocenters. The van der Waals surface area contributed by atoms with Gasteiger partial charge in [-0.2, -0.15) is 9.98 Å². The maximum atomic E-state index is 5.45. The number of guanidine groups is 1. The second kappa shape index (κ2) is 4.06. The van der Waals surface area contributed by atoms with Crippen LogP contribution in [0.4, 0.5) is 6.01 Å². The van der Waals surface area contributed by atoms with Crippen LogP contribution in [-0.4, -0.2) is 10.9 Å². The zero-order chi connectivity index (χ0) is 11.5. The molecule has 0 fully saturated rings. The van der Waals surface area contributed by atoms with Gasteiger partial charge in [-0.15, -0.1) is 0 Å². The summed E-state index contributed by atoms with van der Waals surface area (Å²) in [6, 6.07) is 9.84. The topological polar surface area (TPSA) is 90.4 Å². The molecule has 1 aromatic carbocycles. The number of hydrogen-bond acceptors (Lipinski definition) is 3. The van der Waals surface area contributed by atoms with Crippen LogP contribution in [0.15, 0.2) is 39.7 Å². The summed E-state index contributed by atoms with van der Waals surface area (Å²) in [7, 11) is 0. The van der Waals surface area contributed by atoms with Crippen molar-refractivity contribution in [2.24, 2.45) is 16.5 Å². The molecule has 0 unspecified atom stereocenters. The standard InChI is InChI=1S/C11H12N4O/c1-7-9(8-5-3-2-4-6-8)16-11(14-7)15-10(12)13/h2-6H,1H3,(H4,12,13,14,15). The van der Waals surface area contributed by atoms with Crippen molar-refractivity contribution in [3.63, 3.8) is 0 Å². The van der Waals surface area contributed by atoms with Gasteiger partial charge in [-0.1, -0.05) is 30.3 Å². The summed E-state index contributed by atoms with van der Waals surface area (Å²) in [4.78, 5) is 7.87. The molecular formula is C11H12N4O. The van der Waals surface area contributed by atoms with E-state index in [1.807, 2.05) is 37.3 Å². The normalized spacial score (nSPS) is 10.1. The summed E-state index contributed by atoms with van der Waals surface area (Å²) >= 11 is 0. The Morgan fingerprint density at radius 3 is 2.56 bits per heavy atom. The molecule has 16 heavy (non-hydrogen) atoms. The Bertz CT molecular complexity index is 512. The maximum Gasteiger partial charge on any atom is 0.325 e. The van der Waals surface area contributed by atoms with Crippen LogP contribution < -0.4 is 11.5 Å². The highest BCUT2D eigenvalue weighted by molar-refractivity contribution is 5.78. The third kappa shape index (κ3) is 2.03. The predicted octanol–water partition coefficient (Wildman–Crippen LogP) is 1.55. The highest BCUT2D eigenvalue weighted by Crippen LogP contribution is 2.27. The number of aliphatic imine (C=N–C) groups is 1. The fraction of sp³-hybridized carbons (Fsp3) is 0.0909. The van der Waals surface area contributed by atoms with Crippen LogP contribution in [0.3, 0.4) is 0 Å². The molecular weight excluding hydrogens is 204 g/mol. The number of aryl methyl sites for hydroxylation is 1. The van der Waals surface area contributed by atoms with Gasteiger partial charge >= 0.3 is 6.01 Å². The van der Waals surface area contributed by atoms with Crippen molar-refractivity contribution in [2.75, 3.05) is 0 Å². The van der Waals surface area contributed by atoms with E-state index in [4.69, 9.17) is 15.9 Å². The molecule has 5 nitrogen and oxygen atoms in total. The SMILES string of the molecule is Cc1nc(N=C(N)N)oc1-c1ccccc1. The molecule has 5 heteroatoms. The minimum atomic E-state index is -0.0686. The molecule has 0 aliphatic heterocycles. The van der Waals surface area contributed by atoms with Crippen LogP contribution in [0.25, 0.3) is 11.3 Å². The van der Waals surface area contributed by atoms with E-state index in [0.29, 0.717) is 5.76 Å². The quantitative estimate of drug-likeness (QED) is 0.588. The number of benzene rings is 1. The van der Waals surface area contributed by atoms with Crippen molar-refractivity contribution in [1.29, 1.82) is 0 Å². The van der Waals surface area contributed by atoms with E-state index in [0.717, 1.165) is 11.3 Å². The monoisotopic (exact) mass is 216 g/mol. The van der Waals surface area contributed by atoms with E-state index >= 15 is 0 Å². The third-order valence-corrected chi connectivity index (χ3v) is 2.05. The van der Waals surface area contributed by atoms with Crippen LogP contribution in [0.5, 0.6) is 0 Å². The van der Waals surface area contributed by atoms with Gasteiger partial charge in [-0.3, -0.25) is 0 Å². The van der Waals surface area contributed by atoms with Gasteiger partial charge in [0.1, 0.15) is 0 Å². The average Bonchev–Trinajstić information content (AvgIpc) is 2.60. The fourth-order valence-corrected chi connectivity index (χ4v) is 1.40. The molecule has 0 amide bonds. The van der Waals surface area contributed by atoms with Gasteiger partial charge in [0, 0.05) is 5.56 Å². The van der Waals surface area contributed by atoms with Gasteiger partial charge in [0.15, 0.2) is 11.7 Å². The Hall–Kier alpha value is -2.30.